The highest BCUT2D eigenvalue weighted by molar-refractivity contribution is 6.33. The van der Waals surface area contributed by atoms with Gasteiger partial charge >= 0.3 is 6.03 Å². The molecule has 0 radical (unpaired) electrons. The second-order valence-corrected chi connectivity index (χ2v) is 7.06. The lowest BCUT2D eigenvalue weighted by Crippen LogP contribution is -3.11. The van der Waals surface area contributed by atoms with E-state index in [4.69, 9.17) is 0 Å². The fourth-order valence-electron chi connectivity index (χ4n) is 3.56. The monoisotopic (exact) mass is 395 g/mol. The predicted octanol–water partition coefficient (Wildman–Crippen LogP) is 1.42. The number of fused-ring (bicyclic) bond motifs is 1. The molecule has 0 spiro atoms. The zero-order valence-electron chi connectivity index (χ0n) is 16.9. The third-order valence-corrected chi connectivity index (χ3v) is 5.28. The molecule has 1 saturated heterocycles. The Morgan fingerprint density at radius 2 is 1.79 bits per heavy atom. The van der Waals surface area contributed by atoms with E-state index in [-0.39, 0.29) is 0 Å². The second-order valence-electron chi connectivity index (χ2n) is 7.06. The van der Waals surface area contributed by atoms with Gasteiger partial charge in [0.1, 0.15) is 0 Å². The summed E-state index contributed by atoms with van der Waals surface area (Å²) in [7, 11) is 0. The number of imide groups is 2. The maximum Gasteiger partial charge on any atom is 0.335 e. The topological polar surface area (TPSA) is 83.3 Å². The number of carbonyl (C=O) groups is 3. The van der Waals surface area contributed by atoms with Crippen LogP contribution in [0.25, 0.3) is 10.8 Å². The van der Waals surface area contributed by atoms with Crippen LogP contribution in [0.3, 0.4) is 0 Å². The minimum absolute atomic E-state index is 0.460. The van der Waals surface area contributed by atoms with Crippen molar-refractivity contribution in [3.8, 4) is 0 Å². The van der Waals surface area contributed by atoms with E-state index in [9.17, 15) is 14.4 Å². The van der Waals surface area contributed by atoms with E-state index in [1.54, 1.807) is 12.1 Å². The molecule has 1 aliphatic rings. The Balaban J connectivity index is 1.77. The van der Waals surface area contributed by atoms with Crippen molar-refractivity contribution in [1.29, 1.82) is 0 Å². The van der Waals surface area contributed by atoms with Gasteiger partial charge in [-0.3, -0.25) is 19.9 Å². The van der Waals surface area contributed by atoms with Gasteiger partial charge in [0.05, 0.1) is 25.3 Å². The highest BCUT2D eigenvalue weighted by Gasteiger charge is 2.40. The number of nitrogens with zero attached hydrogens (tertiary/aromatic N) is 2. The average molecular weight is 395 g/mol. The molecule has 3 rings (SSSR count). The van der Waals surface area contributed by atoms with Gasteiger partial charge in [-0.2, -0.15) is 0 Å². The maximum atomic E-state index is 13.0. The molecule has 0 bridgehead atoms. The van der Waals surface area contributed by atoms with E-state index >= 15 is 0 Å². The first kappa shape index (κ1) is 20.7. The number of hydrogen-bond acceptors (Lipinski definition) is 4. The van der Waals surface area contributed by atoms with Crippen molar-refractivity contribution in [2.45, 2.75) is 20.3 Å². The van der Waals surface area contributed by atoms with Crippen molar-refractivity contribution in [1.82, 2.24) is 5.32 Å². The summed E-state index contributed by atoms with van der Waals surface area (Å²) < 4.78 is 0. The number of quaternary nitrogens is 1. The number of urea groups is 1. The molecule has 0 aliphatic carbocycles. The number of rotatable bonds is 8. The highest BCUT2D eigenvalue weighted by atomic mass is 16.2. The first-order valence-corrected chi connectivity index (χ1v) is 10.1. The standard InChI is InChI=1S/C22H26N4O3/c1-3-25(4-2)14-8-13-23-15-18-20(27)24-22(29)26(21(18)28)19-12-7-10-16-9-5-6-11-17(16)19/h5-7,9-12,15,18H,3-4,8,13-14H2,1-2H3,(H,24,27,29)/p+1. The summed E-state index contributed by atoms with van der Waals surface area (Å²) in [4.78, 5) is 44.5. The molecule has 2 aromatic rings. The SMILES string of the molecule is CC[NH+](CC)CCCN=CC1C(=O)NC(=O)N(c2cccc3ccccc23)C1=O. The smallest absolute Gasteiger partial charge is 0.335 e. The molecule has 7 heteroatoms. The number of barbiturate groups is 1. The number of anilines is 1. The van der Waals surface area contributed by atoms with Crippen LogP contribution in [-0.2, 0) is 9.59 Å². The quantitative estimate of drug-likeness (QED) is 0.403. The Kier molecular flexibility index (Phi) is 6.72. The van der Waals surface area contributed by atoms with Crippen molar-refractivity contribution in [2.24, 2.45) is 10.9 Å². The molecule has 4 amide bonds. The van der Waals surface area contributed by atoms with Crippen LogP contribution in [0, 0.1) is 5.92 Å². The second kappa shape index (κ2) is 9.43. The number of aliphatic imine (C=N–C) groups is 1. The summed E-state index contributed by atoms with van der Waals surface area (Å²) in [6, 6.07) is 12.2. The van der Waals surface area contributed by atoms with Crippen LogP contribution >= 0.6 is 0 Å². The summed E-state index contributed by atoms with van der Waals surface area (Å²) in [5, 5.41) is 3.96. The van der Waals surface area contributed by atoms with E-state index in [0.29, 0.717) is 12.2 Å². The Hall–Kier alpha value is -3.06. The predicted molar refractivity (Wildman–Crippen MR) is 113 cm³/mol. The fourth-order valence-corrected chi connectivity index (χ4v) is 3.56. The molecule has 0 saturated carbocycles. The molecule has 7 nitrogen and oxygen atoms in total. The van der Waals surface area contributed by atoms with Crippen LogP contribution in [0.5, 0.6) is 0 Å². The maximum absolute atomic E-state index is 13.0. The molecule has 1 aliphatic heterocycles. The van der Waals surface area contributed by atoms with E-state index in [0.717, 1.165) is 41.7 Å². The summed E-state index contributed by atoms with van der Waals surface area (Å²) in [5.41, 5.74) is 0.460. The Labute approximate surface area is 170 Å². The molecule has 1 fully saturated rings. The molecule has 1 unspecified atom stereocenters. The molecule has 1 heterocycles. The number of benzene rings is 2. The number of nitrogens with one attached hydrogen (secondary N) is 2. The molecule has 152 valence electrons. The van der Waals surface area contributed by atoms with Gasteiger partial charge in [-0.05, 0) is 25.3 Å². The molecule has 1 atom stereocenters. The first-order chi connectivity index (χ1) is 14.1. The fraction of sp³-hybridized carbons (Fsp3) is 0.364. The van der Waals surface area contributed by atoms with Crippen molar-refractivity contribution in [3.63, 3.8) is 0 Å². The summed E-state index contributed by atoms with van der Waals surface area (Å²) in [6.45, 7) is 7.95. The van der Waals surface area contributed by atoms with Gasteiger partial charge < -0.3 is 4.90 Å². The molecule has 0 aromatic heterocycles. The minimum atomic E-state index is -1.10. The van der Waals surface area contributed by atoms with Gasteiger partial charge in [0.15, 0.2) is 5.92 Å². The third kappa shape index (κ3) is 4.51. The first-order valence-electron chi connectivity index (χ1n) is 10.1. The van der Waals surface area contributed by atoms with Gasteiger partial charge in [-0.1, -0.05) is 36.4 Å². The number of hydrogen-bond donors (Lipinski definition) is 2. The Bertz CT molecular complexity index is 931. The van der Waals surface area contributed by atoms with Crippen LogP contribution in [0.4, 0.5) is 10.5 Å². The molecular weight excluding hydrogens is 368 g/mol. The van der Waals surface area contributed by atoms with Crippen molar-refractivity contribution in [2.75, 3.05) is 31.1 Å². The van der Waals surface area contributed by atoms with E-state index in [2.05, 4.69) is 24.2 Å². The van der Waals surface area contributed by atoms with Crippen LogP contribution in [0.2, 0.25) is 0 Å². The van der Waals surface area contributed by atoms with E-state index in [1.807, 2.05) is 30.3 Å². The van der Waals surface area contributed by atoms with E-state index < -0.39 is 23.8 Å². The van der Waals surface area contributed by atoms with Gasteiger partial charge in [0.2, 0.25) is 5.91 Å². The van der Waals surface area contributed by atoms with Crippen LogP contribution in [-0.4, -0.2) is 50.2 Å². The third-order valence-electron chi connectivity index (χ3n) is 5.28. The van der Waals surface area contributed by atoms with E-state index in [1.165, 1.54) is 11.1 Å². The zero-order chi connectivity index (χ0) is 20.8. The molecule has 2 N–H and O–H groups in total. The Morgan fingerprint density at radius 1 is 1.07 bits per heavy atom. The zero-order valence-corrected chi connectivity index (χ0v) is 16.9. The lowest BCUT2D eigenvalue weighted by Gasteiger charge is -2.29. The van der Waals surface area contributed by atoms with Crippen LogP contribution in [0.15, 0.2) is 47.5 Å². The summed E-state index contributed by atoms with van der Waals surface area (Å²) in [5.74, 6) is -2.31. The largest absolute Gasteiger partial charge is 0.335 e. The van der Waals surface area contributed by atoms with Crippen molar-refractivity contribution >= 4 is 40.5 Å². The van der Waals surface area contributed by atoms with Crippen molar-refractivity contribution < 1.29 is 19.3 Å². The van der Waals surface area contributed by atoms with Crippen molar-refractivity contribution in [3.05, 3.63) is 42.5 Å². The Morgan fingerprint density at radius 3 is 2.55 bits per heavy atom. The molecule has 29 heavy (non-hydrogen) atoms. The van der Waals surface area contributed by atoms with Gasteiger partial charge in [0, 0.05) is 24.6 Å². The number of amides is 4. The van der Waals surface area contributed by atoms with Gasteiger partial charge in [-0.15, -0.1) is 0 Å². The lowest BCUT2D eigenvalue weighted by atomic mass is 10.0. The highest BCUT2D eigenvalue weighted by Crippen LogP contribution is 2.29. The average Bonchev–Trinajstić information content (AvgIpc) is 2.72. The summed E-state index contributed by atoms with van der Waals surface area (Å²) >= 11 is 0. The number of carbonyl (C=O) groups excluding carboxylic acids is 3. The minimum Gasteiger partial charge on any atom is -0.335 e. The van der Waals surface area contributed by atoms with Crippen LogP contribution in [0.1, 0.15) is 20.3 Å². The van der Waals surface area contributed by atoms with Gasteiger partial charge in [0.25, 0.3) is 5.91 Å². The summed E-state index contributed by atoms with van der Waals surface area (Å²) in [6.07, 6.45) is 2.25. The molecular formula is C22H27N4O3+. The van der Waals surface area contributed by atoms with Crippen LogP contribution < -0.4 is 15.1 Å². The lowest BCUT2D eigenvalue weighted by molar-refractivity contribution is -0.896. The van der Waals surface area contributed by atoms with Gasteiger partial charge in [-0.25, -0.2) is 9.69 Å². The molecule has 2 aromatic carbocycles. The normalized spacial score (nSPS) is 17.6.